The SMILES string of the molecule is O=C(c1ccc(-c2cnc(CCc3cccc4c3CCO4)n3cnnc23)cn1)N1CCOCC1. The maximum absolute atomic E-state index is 12.7. The lowest BCUT2D eigenvalue weighted by molar-refractivity contribution is 0.0299. The molecule has 34 heavy (non-hydrogen) atoms. The number of aryl methyl sites for hydroxylation is 2. The highest BCUT2D eigenvalue weighted by Crippen LogP contribution is 2.29. The van der Waals surface area contributed by atoms with Crippen LogP contribution in [0.25, 0.3) is 16.8 Å². The van der Waals surface area contributed by atoms with E-state index in [2.05, 4.69) is 21.2 Å². The molecule has 172 valence electrons. The number of nitrogens with zero attached hydrogens (tertiary/aromatic N) is 6. The molecule has 5 heterocycles. The molecule has 0 radical (unpaired) electrons. The second-order valence-corrected chi connectivity index (χ2v) is 8.44. The van der Waals surface area contributed by atoms with Crippen molar-refractivity contribution in [2.75, 3.05) is 32.9 Å². The molecule has 0 N–H and O–H groups in total. The van der Waals surface area contributed by atoms with Crippen molar-refractivity contribution in [3.63, 3.8) is 0 Å². The van der Waals surface area contributed by atoms with E-state index in [4.69, 9.17) is 14.5 Å². The van der Waals surface area contributed by atoms with E-state index >= 15 is 0 Å². The molecule has 0 unspecified atom stereocenters. The highest BCUT2D eigenvalue weighted by atomic mass is 16.5. The third-order valence-electron chi connectivity index (χ3n) is 6.46. The average molecular weight is 457 g/mol. The van der Waals surface area contributed by atoms with Crippen LogP contribution in [0.5, 0.6) is 5.75 Å². The Kier molecular flexibility index (Phi) is 5.38. The van der Waals surface area contributed by atoms with Crippen molar-refractivity contribution >= 4 is 11.6 Å². The summed E-state index contributed by atoms with van der Waals surface area (Å²) in [6, 6.07) is 9.89. The first-order chi connectivity index (χ1) is 16.8. The number of aromatic nitrogens is 5. The normalized spacial score (nSPS) is 15.4. The summed E-state index contributed by atoms with van der Waals surface area (Å²) in [5, 5.41) is 8.46. The minimum atomic E-state index is -0.0752. The van der Waals surface area contributed by atoms with Crippen LogP contribution in [0.15, 0.2) is 49.1 Å². The summed E-state index contributed by atoms with van der Waals surface area (Å²) < 4.78 is 13.0. The number of benzene rings is 1. The number of carbonyl (C=O) groups excluding carboxylic acids is 1. The van der Waals surface area contributed by atoms with Gasteiger partial charge < -0.3 is 14.4 Å². The molecule has 0 atom stereocenters. The predicted molar refractivity (Wildman–Crippen MR) is 124 cm³/mol. The number of hydrogen-bond acceptors (Lipinski definition) is 7. The Morgan fingerprint density at radius 1 is 1.00 bits per heavy atom. The molecule has 1 fully saturated rings. The van der Waals surface area contributed by atoms with Crippen molar-refractivity contribution in [2.45, 2.75) is 19.3 Å². The second kappa shape index (κ2) is 8.83. The summed E-state index contributed by atoms with van der Waals surface area (Å²) >= 11 is 0. The van der Waals surface area contributed by atoms with E-state index < -0.39 is 0 Å². The largest absolute Gasteiger partial charge is 0.493 e. The van der Waals surface area contributed by atoms with Gasteiger partial charge in [-0.3, -0.25) is 14.2 Å². The number of ether oxygens (including phenoxy) is 2. The predicted octanol–water partition coefficient (Wildman–Crippen LogP) is 2.38. The van der Waals surface area contributed by atoms with E-state index in [-0.39, 0.29) is 5.91 Å². The highest BCUT2D eigenvalue weighted by molar-refractivity contribution is 5.93. The Labute approximate surface area is 196 Å². The van der Waals surface area contributed by atoms with Crippen LogP contribution in [-0.2, 0) is 24.0 Å². The quantitative estimate of drug-likeness (QED) is 0.455. The van der Waals surface area contributed by atoms with Crippen LogP contribution in [0, 0.1) is 0 Å². The fourth-order valence-corrected chi connectivity index (χ4v) is 4.64. The second-order valence-electron chi connectivity index (χ2n) is 8.44. The number of rotatable bonds is 5. The van der Waals surface area contributed by atoms with Gasteiger partial charge in [0.2, 0.25) is 0 Å². The van der Waals surface area contributed by atoms with Gasteiger partial charge >= 0.3 is 0 Å². The minimum absolute atomic E-state index is 0.0752. The number of pyridine rings is 1. The molecular weight excluding hydrogens is 432 g/mol. The number of amides is 1. The molecule has 6 rings (SSSR count). The molecule has 1 saturated heterocycles. The van der Waals surface area contributed by atoms with Crippen molar-refractivity contribution in [3.8, 4) is 16.9 Å². The molecule has 9 nitrogen and oxygen atoms in total. The third-order valence-corrected chi connectivity index (χ3v) is 6.46. The lowest BCUT2D eigenvalue weighted by atomic mass is 10.0. The van der Waals surface area contributed by atoms with E-state index in [1.165, 1.54) is 11.1 Å². The molecular formula is C25H24N6O3. The third kappa shape index (κ3) is 3.77. The molecule has 0 spiro atoms. The molecule has 0 aliphatic carbocycles. The van der Waals surface area contributed by atoms with E-state index in [1.807, 2.05) is 28.8 Å². The van der Waals surface area contributed by atoms with Crippen LogP contribution in [0.3, 0.4) is 0 Å². The minimum Gasteiger partial charge on any atom is -0.493 e. The van der Waals surface area contributed by atoms with Crippen LogP contribution >= 0.6 is 0 Å². The zero-order chi connectivity index (χ0) is 22.9. The van der Waals surface area contributed by atoms with E-state index in [0.29, 0.717) is 32.0 Å². The Balaban J connectivity index is 1.23. The van der Waals surface area contributed by atoms with Gasteiger partial charge in [-0.15, -0.1) is 10.2 Å². The van der Waals surface area contributed by atoms with Crippen molar-refractivity contribution in [2.24, 2.45) is 0 Å². The summed E-state index contributed by atoms with van der Waals surface area (Å²) in [6.07, 6.45) is 7.80. The Hall–Kier alpha value is -3.85. The van der Waals surface area contributed by atoms with Crippen LogP contribution in [0.2, 0.25) is 0 Å². The van der Waals surface area contributed by atoms with Crippen LogP contribution in [-0.4, -0.2) is 68.3 Å². The molecule has 4 aromatic rings. The van der Waals surface area contributed by atoms with Gasteiger partial charge in [0, 0.05) is 55.0 Å². The molecule has 3 aromatic heterocycles. The van der Waals surface area contributed by atoms with Gasteiger partial charge in [0.1, 0.15) is 23.6 Å². The van der Waals surface area contributed by atoms with Crippen LogP contribution < -0.4 is 4.74 Å². The van der Waals surface area contributed by atoms with Gasteiger partial charge in [-0.25, -0.2) is 4.98 Å². The first-order valence-electron chi connectivity index (χ1n) is 11.5. The molecule has 1 aromatic carbocycles. The highest BCUT2D eigenvalue weighted by Gasteiger charge is 2.20. The smallest absolute Gasteiger partial charge is 0.272 e. The van der Waals surface area contributed by atoms with Gasteiger partial charge in [-0.1, -0.05) is 18.2 Å². The van der Waals surface area contributed by atoms with Crippen LogP contribution in [0.4, 0.5) is 0 Å². The first kappa shape index (κ1) is 20.7. The summed E-state index contributed by atoms with van der Waals surface area (Å²) in [6.45, 7) is 3.06. The number of fused-ring (bicyclic) bond motifs is 2. The maximum atomic E-state index is 12.7. The average Bonchev–Trinajstić information content (AvgIpc) is 3.58. The number of morpholine rings is 1. The van der Waals surface area contributed by atoms with Gasteiger partial charge in [0.05, 0.1) is 19.8 Å². The Morgan fingerprint density at radius 3 is 2.76 bits per heavy atom. The molecule has 9 heteroatoms. The standard InChI is InChI=1S/C25H24N6O3/c32-25(30-9-12-33-13-10-30)21-6-4-18(14-26-21)20-15-27-23(31-16-28-29-24(20)31)7-5-17-2-1-3-22-19(17)8-11-34-22/h1-4,6,14-16H,5,7-13H2. The van der Waals surface area contributed by atoms with Gasteiger partial charge in [0.15, 0.2) is 5.65 Å². The lowest BCUT2D eigenvalue weighted by Crippen LogP contribution is -2.41. The van der Waals surface area contributed by atoms with Crippen molar-refractivity contribution in [1.82, 2.24) is 29.5 Å². The van der Waals surface area contributed by atoms with Gasteiger partial charge in [0.25, 0.3) is 5.91 Å². The molecule has 0 bridgehead atoms. The Bertz CT molecular complexity index is 1340. The zero-order valence-corrected chi connectivity index (χ0v) is 18.7. The number of hydrogen-bond donors (Lipinski definition) is 0. The van der Waals surface area contributed by atoms with Crippen molar-refractivity contribution < 1.29 is 14.3 Å². The first-order valence-corrected chi connectivity index (χ1v) is 11.5. The van der Waals surface area contributed by atoms with E-state index in [9.17, 15) is 4.79 Å². The molecule has 1 amide bonds. The van der Waals surface area contributed by atoms with Gasteiger partial charge in [-0.2, -0.15) is 0 Å². The summed E-state index contributed by atoms with van der Waals surface area (Å²) in [4.78, 5) is 23.6. The fourth-order valence-electron chi connectivity index (χ4n) is 4.64. The van der Waals surface area contributed by atoms with Crippen molar-refractivity contribution in [1.29, 1.82) is 0 Å². The molecule has 2 aliphatic heterocycles. The Morgan fingerprint density at radius 2 is 1.91 bits per heavy atom. The van der Waals surface area contributed by atoms with Gasteiger partial charge in [-0.05, 0) is 24.1 Å². The summed E-state index contributed by atoms with van der Waals surface area (Å²) in [5.41, 5.74) is 5.42. The fraction of sp³-hybridized carbons (Fsp3) is 0.320. The van der Waals surface area contributed by atoms with E-state index in [1.54, 1.807) is 23.5 Å². The summed E-state index contributed by atoms with van der Waals surface area (Å²) in [5.74, 6) is 1.82. The summed E-state index contributed by atoms with van der Waals surface area (Å²) in [7, 11) is 0. The maximum Gasteiger partial charge on any atom is 0.272 e. The number of carbonyl (C=O) groups is 1. The van der Waals surface area contributed by atoms with Crippen molar-refractivity contribution in [3.05, 3.63) is 71.7 Å². The van der Waals surface area contributed by atoms with E-state index in [0.717, 1.165) is 54.2 Å². The molecule has 2 aliphatic rings. The lowest BCUT2D eigenvalue weighted by Gasteiger charge is -2.26. The van der Waals surface area contributed by atoms with Crippen LogP contribution in [0.1, 0.15) is 27.4 Å². The molecule has 0 saturated carbocycles. The monoisotopic (exact) mass is 456 g/mol. The topological polar surface area (TPSA) is 94.7 Å². The zero-order valence-electron chi connectivity index (χ0n) is 18.7.